The largest absolute Gasteiger partial charge is 0.480 e. The van der Waals surface area contributed by atoms with Gasteiger partial charge in [0.05, 0.1) is 20.6 Å². The Morgan fingerprint density at radius 1 is 1.07 bits per heavy atom. The number of nitrogens with one attached hydrogen (secondary N) is 1. The summed E-state index contributed by atoms with van der Waals surface area (Å²) in [6.45, 7) is 3.23. The molecule has 1 aromatic heterocycles. The summed E-state index contributed by atoms with van der Waals surface area (Å²) in [5.41, 5.74) is 1.50. The van der Waals surface area contributed by atoms with Crippen molar-refractivity contribution in [2.45, 2.75) is 6.42 Å². The standard InChI is InChI=1S/C20H25N5O4/c1-24-7-9-25(10-8-24)16(26)12-14-5-4-6-15(11-14)23-18(27)17-19(28-2)21-13-22-20(17)29-3/h4-6,11,13H,7-10,12H2,1-3H3,(H,23,27). The molecule has 1 aromatic carbocycles. The van der Waals surface area contributed by atoms with Crippen LogP contribution in [0.3, 0.4) is 0 Å². The van der Waals surface area contributed by atoms with Crippen molar-refractivity contribution >= 4 is 17.5 Å². The van der Waals surface area contributed by atoms with Crippen molar-refractivity contribution in [1.82, 2.24) is 19.8 Å². The lowest BCUT2D eigenvalue weighted by Gasteiger charge is -2.32. The predicted octanol–water partition coefficient (Wildman–Crippen LogP) is 1.06. The first-order valence-corrected chi connectivity index (χ1v) is 9.31. The number of anilines is 1. The first kappa shape index (κ1) is 20.5. The summed E-state index contributed by atoms with van der Waals surface area (Å²) in [4.78, 5) is 37.3. The van der Waals surface area contributed by atoms with Crippen LogP contribution in [0, 0.1) is 0 Å². The highest BCUT2D eigenvalue weighted by Gasteiger charge is 2.22. The Bertz CT molecular complexity index is 859. The highest BCUT2D eigenvalue weighted by atomic mass is 16.5. The maximum atomic E-state index is 12.8. The molecule has 1 aliphatic heterocycles. The number of hydrogen-bond acceptors (Lipinski definition) is 7. The fraction of sp³-hybridized carbons (Fsp3) is 0.400. The second-order valence-electron chi connectivity index (χ2n) is 6.78. The van der Waals surface area contributed by atoms with Crippen LogP contribution in [-0.2, 0) is 11.2 Å². The molecule has 1 N–H and O–H groups in total. The van der Waals surface area contributed by atoms with Gasteiger partial charge in [0, 0.05) is 31.9 Å². The maximum absolute atomic E-state index is 12.8. The van der Waals surface area contributed by atoms with Crippen molar-refractivity contribution in [3.05, 3.63) is 41.7 Å². The highest BCUT2D eigenvalue weighted by Crippen LogP contribution is 2.25. The van der Waals surface area contributed by atoms with E-state index in [1.807, 2.05) is 11.0 Å². The third kappa shape index (κ3) is 5.00. The van der Waals surface area contributed by atoms with Crippen LogP contribution in [-0.4, -0.2) is 79.0 Å². The zero-order valence-electron chi connectivity index (χ0n) is 16.8. The first-order chi connectivity index (χ1) is 14.0. The van der Waals surface area contributed by atoms with Crippen LogP contribution in [0.1, 0.15) is 15.9 Å². The molecule has 0 radical (unpaired) electrons. The van der Waals surface area contributed by atoms with Crippen LogP contribution in [0.4, 0.5) is 5.69 Å². The summed E-state index contributed by atoms with van der Waals surface area (Å²) in [6.07, 6.45) is 1.55. The molecule has 154 valence electrons. The van der Waals surface area contributed by atoms with E-state index in [2.05, 4.69) is 27.2 Å². The third-order valence-electron chi connectivity index (χ3n) is 4.79. The number of likely N-dealkylation sites (N-methyl/N-ethyl adjacent to an activating group) is 1. The molecule has 2 amide bonds. The van der Waals surface area contributed by atoms with E-state index in [4.69, 9.17) is 9.47 Å². The maximum Gasteiger partial charge on any atom is 0.266 e. The molecule has 0 bridgehead atoms. The van der Waals surface area contributed by atoms with E-state index in [0.717, 1.165) is 31.7 Å². The molecular weight excluding hydrogens is 374 g/mol. The smallest absolute Gasteiger partial charge is 0.266 e. The van der Waals surface area contributed by atoms with Gasteiger partial charge in [0.15, 0.2) is 5.56 Å². The molecular formula is C20H25N5O4. The van der Waals surface area contributed by atoms with Gasteiger partial charge in [0.1, 0.15) is 6.33 Å². The number of hydrogen-bond donors (Lipinski definition) is 1. The van der Waals surface area contributed by atoms with Gasteiger partial charge in [-0.1, -0.05) is 12.1 Å². The summed E-state index contributed by atoms with van der Waals surface area (Å²) in [7, 11) is 4.89. The molecule has 29 heavy (non-hydrogen) atoms. The van der Waals surface area contributed by atoms with Crippen LogP contribution < -0.4 is 14.8 Å². The second kappa shape index (κ2) is 9.33. The number of benzene rings is 1. The van der Waals surface area contributed by atoms with E-state index in [1.54, 1.807) is 18.2 Å². The molecule has 9 nitrogen and oxygen atoms in total. The van der Waals surface area contributed by atoms with Gasteiger partial charge in [-0.25, -0.2) is 9.97 Å². The minimum absolute atomic E-state index is 0.0846. The number of rotatable bonds is 6. The third-order valence-corrected chi connectivity index (χ3v) is 4.79. The van der Waals surface area contributed by atoms with Gasteiger partial charge in [0.25, 0.3) is 5.91 Å². The molecule has 0 atom stereocenters. The highest BCUT2D eigenvalue weighted by molar-refractivity contribution is 6.07. The van der Waals surface area contributed by atoms with E-state index >= 15 is 0 Å². The molecule has 2 aromatic rings. The van der Waals surface area contributed by atoms with E-state index in [1.165, 1.54) is 20.5 Å². The summed E-state index contributed by atoms with van der Waals surface area (Å²) in [5, 5.41) is 2.80. The lowest BCUT2D eigenvalue weighted by atomic mass is 10.1. The van der Waals surface area contributed by atoms with Crippen molar-refractivity contribution in [2.75, 3.05) is 52.8 Å². The first-order valence-electron chi connectivity index (χ1n) is 9.31. The normalized spacial score (nSPS) is 14.4. The minimum Gasteiger partial charge on any atom is -0.480 e. The molecule has 0 spiro atoms. The summed E-state index contributed by atoms with van der Waals surface area (Å²) in [5.74, 6) is -0.130. The quantitative estimate of drug-likeness (QED) is 0.776. The fourth-order valence-electron chi connectivity index (χ4n) is 3.15. The molecule has 2 heterocycles. The number of carbonyl (C=O) groups is 2. The Hall–Kier alpha value is -3.20. The van der Waals surface area contributed by atoms with Gasteiger partial charge >= 0.3 is 0 Å². The Morgan fingerprint density at radius 2 is 1.72 bits per heavy atom. The monoisotopic (exact) mass is 399 g/mol. The molecule has 0 saturated carbocycles. The van der Waals surface area contributed by atoms with E-state index in [-0.39, 0.29) is 29.7 Å². The lowest BCUT2D eigenvalue weighted by Crippen LogP contribution is -2.47. The number of piperazine rings is 1. The number of nitrogens with zero attached hydrogens (tertiary/aromatic N) is 4. The Labute approximate surface area is 169 Å². The van der Waals surface area contributed by atoms with E-state index < -0.39 is 5.91 Å². The average Bonchev–Trinajstić information content (AvgIpc) is 2.73. The zero-order chi connectivity index (χ0) is 20.8. The summed E-state index contributed by atoms with van der Waals surface area (Å²) >= 11 is 0. The Morgan fingerprint density at radius 3 is 2.34 bits per heavy atom. The predicted molar refractivity (Wildman–Crippen MR) is 107 cm³/mol. The fourth-order valence-corrected chi connectivity index (χ4v) is 3.15. The van der Waals surface area contributed by atoms with Crippen molar-refractivity contribution < 1.29 is 19.1 Å². The summed E-state index contributed by atoms with van der Waals surface area (Å²) < 4.78 is 10.3. The second-order valence-corrected chi connectivity index (χ2v) is 6.78. The zero-order valence-corrected chi connectivity index (χ0v) is 16.8. The Kier molecular flexibility index (Phi) is 6.61. The van der Waals surface area contributed by atoms with Gasteiger partial charge in [0.2, 0.25) is 17.7 Å². The van der Waals surface area contributed by atoms with E-state index in [9.17, 15) is 9.59 Å². The van der Waals surface area contributed by atoms with Gasteiger partial charge in [-0.15, -0.1) is 0 Å². The van der Waals surface area contributed by atoms with Crippen LogP contribution in [0.15, 0.2) is 30.6 Å². The van der Waals surface area contributed by atoms with Crippen LogP contribution >= 0.6 is 0 Å². The van der Waals surface area contributed by atoms with Gasteiger partial charge in [-0.05, 0) is 24.7 Å². The van der Waals surface area contributed by atoms with Gasteiger partial charge in [-0.2, -0.15) is 0 Å². The molecule has 3 rings (SSSR count). The van der Waals surface area contributed by atoms with Gasteiger partial charge in [-0.3, -0.25) is 9.59 Å². The van der Waals surface area contributed by atoms with Crippen LogP contribution in [0.5, 0.6) is 11.8 Å². The number of amides is 2. The van der Waals surface area contributed by atoms with Crippen molar-refractivity contribution in [3.63, 3.8) is 0 Å². The molecule has 1 fully saturated rings. The van der Waals surface area contributed by atoms with Crippen molar-refractivity contribution in [2.24, 2.45) is 0 Å². The SMILES string of the molecule is COc1ncnc(OC)c1C(=O)Nc1cccc(CC(=O)N2CCN(C)CC2)c1. The van der Waals surface area contributed by atoms with Crippen LogP contribution in [0.25, 0.3) is 0 Å². The number of methoxy groups -OCH3 is 2. The Balaban J connectivity index is 1.70. The van der Waals surface area contributed by atoms with Crippen molar-refractivity contribution in [3.8, 4) is 11.8 Å². The number of ether oxygens (including phenoxy) is 2. The van der Waals surface area contributed by atoms with Gasteiger partial charge < -0.3 is 24.6 Å². The topological polar surface area (TPSA) is 96.9 Å². The molecule has 1 saturated heterocycles. The number of carbonyl (C=O) groups excluding carboxylic acids is 2. The average molecular weight is 399 g/mol. The molecule has 1 aliphatic rings. The van der Waals surface area contributed by atoms with Crippen molar-refractivity contribution in [1.29, 1.82) is 0 Å². The minimum atomic E-state index is -0.457. The summed E-state index contributed by atoms with van der Waals surface area (Å²) in [6, 6.07) is 7.22. The molecule has 0 unspecified atom stereocenters. The molecule has 0 aliphatic carbocycles. The number of aromatic nitrogens is 2. The lowest BCUT2D eigenvalue weighted by molar-refractivity contribution is -0.132. The van der Waals surface area contributed by atoms with E-state index in [0.29, 0.717) is 5.69 Å². The molecule has 9 heteroatoms. The van der Waals surface area contributed by atoms with Crippen LogP contribution in [0.2, 0.25) is 0 Å².